The molecular formula is C24H18N4OS. The van der Waals surface area contributed by atoms with E-state index in [2.05, 4.69) is 22.4 Å². The van der Waals surface area contributed by atoms with Crippen LogP contribution in [0.15, 0.2) is 90.6 Å². The minimum atomic E-state index is -0.0986. The van der Waals surface area contributed by atoms with E-state index >= 15 is 0 Å². The second-order valence-corrected chi connectivity index (χ2v) is 7.75. The zero-order valence-corrected chi connectivity index (χ0v) is 16.8. The summed E-state index contributed by atoms with van der Waals surface area (Å²) in [5.74, 6) is -0.0986. The van der Waals surface area contributed by atoms with Crippen molar-refractivity contribution in [3.05, 3.63) is 90.6 Å². The molecule has 0 unspecified atom stereocenters. The van der Waals surface area contributed by atoms with Gasteiger partial charge in [0.1, 0.15) is 11.6 Å². The summed E-state index contributed by atoms with van der Waals surface area (Å²) in [6.45, 7) is 0.208. The van der Waals surface area contributed by atoms with Gasteiger partial charge >= 0.3 is 0 Å². The van der Waals surface area contributed by atoms with Gasteiger partial charge in [0.2, 0.25) is 5.91 Å². The zero-order chi connectivity index (χ0) is 20.3. The number of thiazole rings is 1. The van der Waals surface area contributed by atoms with Crippen LogP contribution in [0.1, 0.15) is 0 Å². The van der Waals surface area contributed by atoms with E-state index in [1.54, 1.807) is 17.7 Å². The first-order valence-electron chi connectivity index (χ1n) is 9.57. The quantitative estimate of drug-likeness (QED) is 0.418. The Balaban J connectivity index is 1.33. The van der Waals surface area contributed by atoms with Crippen molar-refractivity contribution in [2.24, 2.45) is 0 Å². The molecule has 1 N–H and O–H groups in total. The average Bonchev–Trinajstić information content (AvgIpc) is 3.43. The second kappa shape index (κ2) is 7.93. The normalized spacial score (nSPS) is 10.9. The molecule has 0 aliphatic heterocycles. The van der Waals surface area contributed by atoms with Crippen molar-refractivity contribution in [1.29, 1.82) is 0 Å². The van der Waals surface area contributed by atoms with E-state index in [0.29, 0.717) is 0 Å². The number of anilines is 1. The van der Waals surface area contributed by atoms with E-state index in [1.165, 1.54) is 0 Å². The highest BCUT2D eigenvalue weighted by Gasteiger charge is 2.10. The van der Waals surface area contributed by atoms with E-state index in [-0.39, 0.29) is 12.5 Å². The number of hydrogen-bond acceptors (Lipinski definition) is 4. The lowest BCUT2D eigenvalue weighted by atomic mass is 10.1. The third-order valence-corrected chi connectivity index (χ3v) is 5.70. The summed E-state index contributed by atoms with van der Waals surface area (Å²) in [6.07, 6.45) is 1.70. The van der Waals surface area contributed by atoms with Crippen LogP contribution in [0.4, 0.5) is 5.69 Å². The number of carbonyl (C=O) groups excluding carboxylic acids is 1. The zero-order valence-electron chi connectivity index (χ0n) is 16.0. The Morgan fingerprint density at radius 2 is 1.73 bits per heavy atom. The lowest BCUT2D eigenvalue weighted by Crippen LogP contribution is -2.18. The van der Waals surface area contributed by atoms with Gasteiger partial charge in [-0.3, -0.25) is 4.79 Å². The molecule has 5 aromatic rings. The van der Waals surface area contributed by atoms with Gasteiger partial charge in [-0.15, -0.1) is 11.3 Å². The first-order valence-corrected chi connectivity index (χ1v) is 10.5. The largest absolute Gasteiger partial charge is 0.325 e. The van der Waals surface area contributed by atoms with E-state index < -0.39 is 0 Å². The Morgan fingerprint density at radius 1 is 0.933 bits per heavy atom. The molecular weight excluding hydrogens is 392 g/mol. The van der Waals surface area contributed by atoms with Crippen molar-refractivity contribution < 1.29 is 4.79 Å². The molecule has 30 heavy (non-hydrogen) atoms. The molecule has 5 nitrogen and oxygen atoms in total. The molecule has 1 amide bonds. The number of benzene rings is 3. The van der Waals surface area contributed by atoms with Crippen LogP contribution in [0.25, 0.3) is 32.9 Å². The summed E-state index contributed by atoms with van der Waals surface area (Å²) < 4.78 is 1.85. The summed E-state index contributed by atoms with van der Waals surface area (Å²) in [4.78, 5) is 21.7. The van der Waals surface area contributed by atoms with Crippen LogP contribution >= 0.6 is 11.3 Å². The van der Waals surface area contributed by atoms with Gasteiger partial charge in [0.25, 0.3) is 0 Å². The van der Waals surface area contributed by atoms with Crippen LogP contribution < -0.4 is 5.32 Å². The van der Waals surface area contributed by atoms with Gasteiger partial charge in [0.05, 0.1) is 23.1 Å². The van der Waals surface area contributed by atoms with Gasteiger partial charge in [0, 0.05) is 22.2 Å². The van der Waals surface area contributed by atoms with Crippen LogP contribution in [0.3, 0.4) is 0 Å². The molecule has 2 aromatic heterocycles. The molecule has 0 aliphatic rings. The Bertz CT molecular complexity index is 1320. The predicted octanol–water partition coefficient (Wildman–Crippen LogP) is 5.47. The van der Waals surface area contributed by atoms with Crippen LogP contribution in [-0.2, 0) is 11.3 Å². The third kappa shape index (κ3) is 3.73. The molecule has 2 heterocycles. The lowest BCUT2D eigenvalue weighted by molar-refractivity contribution is -0.116. The fourth-order valence-corrected chi connectivity index (χ4v) is 4.20. The Kier molecular flexibility index (Phi) is 4.83. The minimum Gasteiger partial charge on any atom is -0.325 e. The Hall–Kier alpha value is -3.77. The Morgan fingerprint density at radius 3 is 2.63 bits per heavy atom. The van der Waals surface area contributed by atoms with Crippen molar-refractivity contribution in [2.75, 3.05) is 5.32 Å². The summed E-state index contributed by atoms with van der Waals surface area (Å²) in [6, 6.07) is 25.7. The fourth-order valence-electron chi connectivity index (χ4n) is 3.37. The molecule has 0 spiro atoms. The van der Waals surface area contributed by atoms with E-state index in [1.807, 2.05) is 76.7 Å². The van der Waals surface area contributed by atoms with E-state index in [4.69, 9.17) is 4.98 Å². The van der Waals surface area contributed by atoms with Gasteiger partial charge in [-0.1, -0.05) is 54.6 Å². The molecule has 0 atom stereocenters. The standard InChI is InChI=1S/C24H18N4OS/c29-23(14-28-16-25-20-11-4-5-12-22(20)28)26-19-10-6-9-18(13-19)21-15-30-24(27-21)17-7-2-1-3-8-17/h1-13,15-16H,14H2,(H,26,29). The maximum Gasteiger partial charge on any atom is 0.244 e. The number of para-hydroxylation sites is 2. The molecule has 0 fully saturated rings. The molecule has 146 valence electrons. The van der Waals surface area contributed by atoms with E-state index in [9.17, 15) is 4.79 Å². The van der Waals surface area contributed by atoms with Crippen molar-refractivity contribution in [3.63, 3.8) is 0 Å². The smallest absolute Gasteiger partial charge is 0.244 e. The number of hydrogen-bond donors (Lipinski definition) is 1. The molecule has 0 radical (unpaired) electrons. The molecule has 6 heteroatoms. The SMILES string of the molecule is O=C(Cn1cnc2ccccc21)Nc1cccc(-c2csc(-c3ccccc3)n2)c1. The maximum absolute atomic E-state index is 12.6. The highest BCUT2D eigenvalue weighted by Crippen LogP contribution is 2.29. The number of carbonyl (C=O) groups is 1. The number of nitrogens with zero attached hydrogens (tertiary/aromatic N) is 3. The van der Waals surface area contributed by atoms with Gasteiger partial charge in [-0.05, 0) is 24.3 Å². The van der Waals surface area contributed by atoms with Crippen LogP contribution in [0, 0.1) is 0 Å². The van der Waals surface area contributed by atoms with Crippen molar-refractivity contribution in [3.8, 4) is 21.8 Å². The average molecular weight is 411 g/mol. The van der Waals surface area contributed by atoms with E-state index in [0.717, 1.165) is 38.5 Å². The maximum atomic E-state index is 12.6. The van der Waals surface area contributed by atoms with Gasteiger partial charge in [-0.25, -0.2) is 9.97 Å². The number of aromatic nitrogens is 3. The Labute approximate surface area is 177 Å². The number of rotatable bonds is 5. The molecule has 0 saturated carbocycles. The number of nitrogens with one attached hydrogen (secondary N) is 1. The van der Waals surface area contributed by atoms with Crippen LogP contribution in [-0.4, -0.2) is 20.4 Å². The third-order valence-electron chi connectivity index (χ3n) is 4.81. The first kappa shape index (κ1) is 18.3. The summed E-state index contributed by atoms with van der Waals surface area (Å²) in [7, 11) is 0. The molecule has 3 aromatic carbocycles. The fraction of sp³-hybridized carbons (Fsp3) is 0.0417. The highest BCUT2D eigenvalue weighted by molar-refractivity contribution is 7.13. The monoisotopic (exact) mass is 410 g/mol. The predicted molar refractivity (Wildman–Crippen MR) is 121 cm³/mol. The number of fused-ring (bicyclic) bond motifs is 1. The minimum absolute atomic E-state index is 0.0986. The van der Waals surface area contributed by atoms with Crippen molar-refractivity contribution >= 4 is 34.0 Å². The number of amides is 1. The summed E-state index contributed by atoms with van der Waals surface area (Å²) in [5.41, 5.74) is 5.54. The molecule has 0 bridgehead atoms. The van der Waals surface area contributed by atoms with Gasteiger partial charge in [0.15, 0.2) is 0 Å². The van der Waals surface area contributed by atoms with Crippen molar-refractivity contribution in [1.82, 2.24) is 14.5 Å². The van der Waals surface area contributed by atoms with Crippen LogP contribution in [0.2, 0.25) is 0 Å². The van der Waals surface area contributed by atoms with Crippen molar-refractivity contribution in [2.45, 2.75) is 6.54 Å². The molecule has 5 rings (SSSR count). The molecule has 0 saturated heterocycles. The highest BCUT2D eigenvalue weighted by atomic mass is 32.1. The first-order chi connectivity index (χ1) is 14.8. The molecule has 0 aliphatic carbocycles. The second-order valence-electron chi connectivity index (χ2n) is 6.89. The topological polar surface area (TPSA) is 59.8 Å². The number of imidazole rings is 1. The van der Waals surface area contributed by atoms with Gasteiger partial charge < -0.3 is 9.88 Å². The van der Waals surface area contributed by atoms with Gasteiger partial charge in [-0.2, -0.15) is 0 Å². The lowest BCUT2D eigenvalue weighted by Gasteiger charge is -2.08. The van der Waals surface area contributed by atoms with Crippen LogP contribution in [0.5, 0.6) is 0 Å². The summed E-state index contributed by atoms with van der Waals surface area (Å²) in [5, 5.41) is 6.00. The summed E-state index contributed by atoms with van der Waals surface area (Å²) >= 11 is 1.61.